The molecule has 5 fully saturated rings. The first-order valence-corrected chi connectivity index (χ1v) is 12.4. The second-order valence-corrected chi connectivity index (χ2v) is 11.8. The van der Waals surface area contributed by atoms with Gasteiger partial charge in [0.2, 0.25) is 5.91 Å². The molecule has 4 nitrogen and oxygen atoms in total. The van der Waals surface area contributed by atoms with Gasteiger partial charge in [-0.3, -0.25) is 9.59 Å². The van der Waals surface area contributed by atoms with Crippen LogP contribution in [0.4, 0.5) is 0 Å². The van der Waals surface area contributed by atoms with Crippen LogP contribution in [0.3, 0.4) is 0 Å². The number of carbonyl (C=O) groups excluding carboxylic acids is 2. The van der Waals surface area contributed by atoms with E-state index in [9.17, 15) is 9.59 Å². The molecule has 0 N–H and O–H groups in total. The van der Waals surface area contributed by atoms with Crippen LogP contribution in [-0.2, 0) is 4.79 Å². The van der Waals surface area contributed by atoms with Crippen molar-refractivity contribution in [1.82, 2.24) is 4.90 Å². The van der Waals surface area contributed by atoms with Gasteiger partial charge in [-0.15, -0.1) is 0 Å². The van der Waals surface area contributed by atoms with Gasteiger partial charge in [0, 0.05) is 32.4 Å². The molecule has 1 aromatic rings. The summed E-state index contributed by atoms with van der Waals surface area (Å²) in [7, 11) is 0. The first-order valence-electron chi connectivity index (χ1n) is 12.4. The summed E-state index contributed by atoms with van der Waals surface area (Å²) in [5.41, 5.74) is 2.90. The number of aryl methyl sites for hydroxylation is 2. The molecule has 4 bridgehead atoms. The Labute approximate surface area is 185 Å². The summed E-state index contributed by atoms with van der Waals surface area (Å²) in [6.07, 6.45) is 10.9. The molecule has 0 atom stereocenters. The number of hydrogen-bond donors (Lipinski definition) is 0. The van der Waals surface area contributed by atoms with Crippen molar-refractivity contribution < 1.29 is 14.3 Å². The van der Waals surface area contributed by atoms with Crippen LogP contribution in [0.1, 0.15) is 85.7 Å². The Bertz CT molecular complexity index is 905. The van der Waals surface area contributed by atoms with Crippen molar-refractivity contribution in [2.75, 3.05) is 13.1 Å². The van der Waals surface area contributed by atoms with E-state index in [2.05, 4.69) is 11.8 Å². The Morgan fingerprint density at radius 1 is 1.00 bits per heavy atom. The average Bonchev–Trinajstić information content (AvgIpc) is 2.69. The summed E-state index contributed by atoms with van der Waals surface area (Å²) in [5, 5.41) is 0. The van der Waals surface area contributed by atoms with E-state index in [4.69, 9.17) is 4.74 Å². The molecule has 166 valence electrons. The maximum Gasteiger partial charge on any atom is 0.223 e. The number of piperidine rings is 1. The van der Waals surface area contributed by atoms with Gasteiger partial charge < -0.3 is 9.64 Å². The summed E-state index contributed by atoms with van der Waals surface area (Å²) < 4.78 is 6.47. The van der Waals surface area contributed by atoms with E-state index >= 15 is 0 Å². The monoisotopic (exact) mass is 421 g/mol. The highest BCUT2D eigenvalue weighted by molar-refractivity contribution is 6.00. The Balaban J connectivity index is 1.12. The second-order valence-electron chi connectivity index (χ2n) is 11.8. The molecule has 31 heavy (non-hydrogen) atoms. The van der Waals surface area contributed by atoms with Crippen LogP contribution in [0, 0.1) is 37.0 Å². The number of nitrogens with zero attached hydrogens (tertiary/aromatic N) is 1. The zero-order valence-electron chi connectivity index (χ0n) is 19.0. The summed E-state index contributed by atoms with van der Waals surface area (Å²) in [6.45, 7) is 5.55. The van der Waals surface area contributed by atoms with Crippen molar-refractivity contribution in [3.63, 3.8) is 0 Å². The molecular weight excluding hydrogens is 386 g/mol. The van der Waals surface area contributed by atoms with Crippen molar-refractivity contribution >= 4 is 11.7 Å². The molecule has 4 heteroatoms. The van der Waals surface area contributed by atoms with Crippen molar-refractivity contribution in [2.45, 2.75) is 83.7 Å². The lowest BCUT2D eigenvalue weighted by molar-refractivity contribution is -0.142. The first-order chi connectivity index (χ1) is 14.8. The minimum Gasteiger partial charge on any atom is -0.486 e. The van der Waals surface area contributed by atoms with E-state index in [0.717, 1.165) is 72.5 Å². The number of amides is 1. The second kappa shape index (κ2) is 6.83. The minimum absolute atomic E-state index is 0.192. The number of Topliss-reactive ketones (excluding diaryl/α,β-unsaturated/α-hetero) is 1. The third kappa shape index (κ3) is 3.32. The fourth-order valence-corrected chi connectivity index (χ4v) is 8.13. The third-order valence-electron chi connectivity index (χ3n) is 9.42. The van der Waals surface area contributed by atoms with E-state index in [1.807, 2.05) is 19.1 Å². The van der Waals surface area contributed by atoms with E-state index in [0.29, 0.717) is 17.7 Å². The summed E-state index contributed by atoms with van der Waals surface area (Å²) in [4.78, 5) is 28.3. The number of rotatable bonds is 2. The third-order valence-corrected chi connectivity index (χ3v) is 9.42. The first kappa shape index (κ1) is 19.8. The van der Waals surface area contributed by atoms with Gasteiger partial charge >= 0.3 is 0 Å². The van der Waals surface area contributed by atoms with Crippen molar-refractivity contribution in [3.05, 3.63) is 28.8 Å². The van der Waals surface area contributed by atoms with Crippen molar-refractivity contribution in [2.24, 2.45) is 23.2 Å². The Morgan fingerprint density at radius 3 is 2.19 bits per heavy atom. The van der Waals surface area contributed by atoms with Crippen LogP contribution in [0.2, 0.25) is 0 Å². The lowest BCUT2D eigenvalue weighted by Crippen LogP contribution is -2.53. The number of ether oxygens (including phenoxy) is 1. The van der Waals surface area contributed by atoms with Crippen LogP contribution in [0.5, 0.6) is 5.75 Å². The Kier molecular flexibility index (Phi) is 4.36. The van der Waals surface area contributed by atoms with Gasteiger partial charge in [0.05, 0.1) is 12.0 Å². The van der Waals surface area contributed by atoms with Crippen LogP contribution < -0.4 is 4.74 Å². The van der Waals surface area contributed by atoms with E-state index in [1.54, 1.807) is 0 Å². The summed E-state index contributed by atoms with van der Waals surface area (Å²) in [6, 6.07) is 4.00. The molecule has 1 amide bonds. The van der Waals surface area contributed by atoms with Gasteiger partial charge in [0.25, 0.3) is 0 Å². The van der Waals surface area contributed by atoms with Crippen LogP contribution >= 0.6 is 0 Å². The number of carbonyl (C=O) groups is 2. The maximum atomic E-state index is 13.3. The molecule has 4 saturated carbocycles. The maximum absolute atomic E-state index is 13.3. The lowest BCUT2D eigenvalue weighted by atomic mass is 9.49. The molecule has 6 aliphatic rings. The number of hydrogen-bond acceptors (Lipinski definition) is 3. The number of likely N-dealkylation sites (tertiary alicyclic amines) is 1. The van der Waals surface area contributed by atoms with Gasteiger partial charge in [-0.1, -0.05) is 0 Å². The zero-order valence-corrected chi connectivity index (χ0v) is 19.0. The lowest BCUT2D eigenvalue weighted by Gasteiger charge is -2.57. The quantitative estimate of drug-likeness (QED) is 0.656. The van der Waals surface area contributed by atoms with Crippen LogP contribution in [-0.4, -0.2) is 35.3 Å². The molecule has 0 aromatic heterocycles. The highest BCUT2D eigenvalue weighted by atomic mass is 16.5. The van der Waals surface area contributed by atoms with E-state index < -0.39 is 5.60 Å². The Hall–Kier alpha value is -1.84. The van der Waals surface area contributed by atoms with Crippen LogP contribution in [0.15, 0.2) is 12.1 Å². The van der Waals surface area contributed by atoms with Gasteiger partial charge in [0.15, 0.2) is 5.78 Å². The smallest absolute Gasteiger partial charge is 0.223 e. The molecule has 2 aliphatic heterocycles. The van der Waals surface area contributed by atoms with E-state index in [1.165, 1.54) is 38.5 Å². The summed E-state index contributed by atoms with van der Waals surface area (Å²) in [5.74, 6) is 3.95. The Morgan fingerprint density at radius 2 is 1.58 bits per heavy atom. The topological polar surface area (TPSA) is 46.6 Å². The highest BCUT2D eigenvalue weighted by Gasteiger charge is 2.52. The standard InChI is InChI=1S/C27H35NO3/c1-17-7-22-23(29)15-27(31-24(22)8-18(17)2)3-5-28(6-4-27)25(30)16-26-12-19-9-20(13-26)11-21(10-19)14-26/h7-8,19-21H,3-6,9-16H2,1-2H3. The number of ketones is 1. The van der Waals surface area contributed by atoms with Crippen molar-refractivity contribution in [1.29, 1.82) is 0 Å². The van der Waals surface area contributed by atoms with E-state index in [-0.39, 0.29) is 5.78 Å². The predicted octanol–water partition coefficient (Wildman–Crippen LogP) is 5.24. The molecule has 1 aromatic carbocycles. The molecule has 4 aliphatic carbocycles. The molecule has 7 rings (SSSR count). The largest absolute Gasteiger partial charge is 0.486 e. The zero-order chi connectivity index (χ0) is 21.4. The molecular formula is C27H35NO3. The molecule has 0 unspecified atom stereocenters. The fourth-order valence-electron chi connectivity index (χ4n) is 8.13. The molecule has 1 spiro atoms. The van der Waals surface area contributed by atoms with Gasteiger partial charge in [-0.25, -0.2) is 0 Å². The molecule has 2 heterocycles. The van der Waals surface area contributed by atoms with Gasteiger partial charge in [-0.2, -0.15) is 0 Å². The number of fused-ring (bicyclic) bond motifs is 1. The SMILES string of the molecule is Cc1cc2c(cc1C)C(=O)CC1(CCN(C(=O)CC34CC5CC(CC(C5)C3)C4)CC1)O2. The van der Waals surface area contributed by atoms with Crippen LogP contribution in [0.25, 0.3) is 0 Å². The number of benzene rings is 1. The predicted molar refractivity (Wildman–Crippen MR) is 119 cm³/mol. The molecule has 1 saturated heterocycles. The highest BCUT2D eigenvalue weighted by Crippen LogP contribution is 2.61. The van der Waals surface area contributed by atoms with Gasteiger partial charge in [-0.05, 0) is 98.8 Å². The van der Waals surface area contributed by atoms with Crippen molar-refractivity contribution in [3.8, 4) is 5.75 Å². The van der Waals surface area contributed by atoms with Gasteiger partial charge in [0.1, 0.15) is 11.4 Å². The fraction of sp³-hybridized carbons (Fsp3) is 0.704. The minimum atomic E-state index is -0.427. The summed E-state index contributed by atoms with van der Waals surface area (Å²) >= 11 is 0. The average molecular weight is 422 g/mol. The molecule has 0 radical (unpaired) electrons. The normalized spacial score (nSPS) is 35.2.